The van der Waals surface area contributed by atoms with E-state index in [0.29, 0.717) is 6.04 Å². The van der Waals surface area contributed by atoms with E-state index in [1.165, 1.54) is 15.3 Å². The zero-order valence-electron chi connectivity index (χ0n) is 9.87. The number of nitrogens with zero attached hydrogens (tertiary/aromatic N) is 1. The van der Waals surface area contributed by atoms with Crippen molar-refractivity contribution in [3.8, 4) is 0 Å². The van der Waals surface area contributed by atoms with Crippen molar-refractivity contribution in [1.29, 1.82) is 0 Å². The molecule has 0 fully saturated rings. The zero-order chi connectivity index (χ0) is 11.5. The molecular weight excluding hydrogens is 218 g/mol. The number of imidazole rings is 1. The fraction of sp³-hybridized carbons (Fsp3) is 0.417. The molecule has 0 aliphatic heterocycles. The smallest absolute Gasteiger partial charge is 0.107 e. The van der Waals surface area contributed by atoms with Gasteiger partial charge in [-0.1, -0.05) is 0 Å². The first-order chi connectivity index (χ1) is 7.70. The predicted octanol–water partition coefficient (Wildman–Crippen LogP) is 2.59. The highest BCUT2D eigenvalue weighted by Crippen LogP contribution is 2.27. The van der Waals surface area contributed by atoms with Gasteiger partial charge in [-0.25, -0.2) is 4.98 Å². The number of hydrogen-bond donors (Lipinski definition) is 2. The molecule has 0 saturated heterocycles. The van der Waals surface area contributed by atoms with Crippen molar-refractivity contribution in [1.82, 2.24) is 15.3 Å². The maximum Gasteiger partial charge on any atom is 0.107 e. The summed E-state index contributed by atoms with van der Waals surface area (Å²) in [5.74, 6) is 1.03. The molecule has 0 spiro atoms. The van der Waals surface area contributed by atoms with Crippen LogP contribution in [0.5, 0.6) is 0 Å². The number of H-pyrrole nitrogens is 1. The van der Waals surface area contributed by atoms with Crippen LogP contribution in [0.15, 0.2) is 18.5 Å². The van der Waals surface area contributed by atoms with Gasteiger partial charge in [0.25, 0.3) is 0 Å². The van der Waals surface area contributed by atoms with Gasteiger partial charge in [0, 0.05) is 34.6 Å². The lowest BCUT2D eigenvalue weighted by Crippen LogP contribution is -2.18. The largest absolute Gasteiger partial charge is 0.349 e. The van der Waals surface area contributed by atoms with Crippen molar-refractivity contribution < 1.29 is 0 Å². The van der Waals surface area contributed by atoms with Crippen LogP contribution in [-0.2, 0) is 6.42 Å². The van der Waals surface area contributed by atoms with Gasteiger partial charge in [0.2, 0.25) is 0 Å². The number of nitrogens with one attached hydrogen (secondary N) is 2. The van der Waals surface area contributed by atoms with Crippen LogP contribution in [-0.4, -0.2) is 17.0 Å². The second-order valence-electron chi connectivity index (χ2n) is 3.97. The third-order valence-corrected chi connectivity index (χ3v) is 4.10. The molecule has 2 N–H and O–H groups in total. The quantitative estimate of drug-likeness (QED) is 0.855. The molecule has 0 amide bonds. The van der Waals surface area contributed by atoms with E-state index >= 15 is 0 Å². The lowest BCUT2D eigenvalue weighted by molar-refractivity contribution is 0.587. The van der Waals surface area contributed by atoms with Crippen molar-refractivity contribution >= 4 is 11.3 Å². The normalized spacial score (nSPS) is 12.9. The number of hydrogen-bond acceptors (Lipinski definition) is 3. The van der Waals surface area contributed by atoms with E-state index in [4.69, 9.17) is 0 Å². The average Bonchev–Trinajstić information content (AvgIpc) is 2.86. The topological polar surface area (TPSA) is 40.7 Å². The highest BCUT2D eigenvalue weighted by atomic mass is 32.1. The Morgan fingerprint density at radius 3 is 2.81 bits per heavy atom. The number of thiophene rings is 1. The molecule has 0 aliphatic carbocycles. The van der Waals surface area contributed by atoms with Crippen molar-refractivity contribution in [2.45, 2.75) is 26.3 Å². The third-order valence-electron chi connectivity index (χ3n) is 2.83. The monoisotopic (exact) mass is 235 g/mol. The van der Waals surface area contributed by atoms with Crippen molar-refractivity contribution in [2.75, 3.05) is 7.05 Å². The van der Waals surface area contributed by atoms with Gasteiger partial charge in [-0.2, -0.15) is 0 Å². The van der Waals surface area contributed by atoms with E-state index in [-0.39, 0.29) is 0 Å². The number of aromatic nitrogens is 2. The molecule has 2 heterocycles. The minimum atomic E-state index is 0.351. The summed E-state index contributed by atoms with van der Waals surface area (Å²) >= 11 is 1.86. The second kappa shape index (κ2) is 4.80. The van der Waals surface area contributed by atoms with Gasteiger partial charge in [-0.3, -0.25) is 0 Å². The van der Waals surface area contributed by atoms with Crippen LogP contribution in [0.25, 0.3) is 0 Å². The molecule has 0 bridgehead atoms. The van der Waals surface area contributed by atoms with Gasteiger partial charge in [-0.05, 0) is 32.5 Å². The first-order valence-corrected chi connectivity index (χ1v) is 6.25. The van der Waals surface area contributed by atoms with Crippen LogP contribution < -0.4 is 5.32 Å². The van der Waals surface area contributed by atoms with E-state index in [0.717, 1.165) is 12.2 Å². The summed E-state index contributed by atoms with van der Waals surface area (Å²) in [4.78, 5) is 10.2. The molecule has 0 aliphatic rings. The van der Waals surface area contributed by atoms with E-state index < -0.39 is 0 Å². The molecule has 0 radical (unpaired) electrons. The van der Waals surface area contributed by atoms with Gasteiger partial charge < -0.3 is 10.3 Å². The molecule has 2 aromatic heterocycles. The molecule has 3 nitrogen and oxygen atoms in total. The SMILES string of the molecule is CNC(Cc1ncc[nH]1)c1cc(C)c(C)s1. The van der Waals surface area contributed by atoms with Crippen LogP contribution in [0.4, 0.5) is 0 Å². The molecule has 2 aromatic rings. The third kappa shape index (κ3) is 2.33. The van der Waals surface area contributed by atoms with Gasteiger partial charge >= 0.3 is 0 Å². The molecule has 16 heavy (non-hydrogen) atoms. The first-order valence-electron chi connectivity index (χ1n) is 5.43. The maximum absolute atomic E-state index is 4.27. The van der Waals surface area contributed by atoms with Gasteiger partial charge in [0.05, 0.1) is 0 Å². The van der Waals surface area contributed by atoms with E-state index in [1.807, 2.05) is 24.6 Å². The van der Waals surface area contributed by atoms with E-state index in [1.54, 1.807) is 6.20 Å². The van der Waals surface area contributed by atoms with Gasteiger partial charge in [0.1, 0.15) is 5.82 Å². The number of rotatable bonds is 4. The molecule has 86 valence electrons. The van der Waals surface area contributed by atoms with Crippen molar-refractivity contribution in [3.63, 3.8) is 0 Å². The summed E-state index contributed by atoms with van der Waals surface area (Å²) in [6.45, 7) is 4.33. The number of aromatic amines is 1. The first kappa shape index (κ1) is 11.4. The molecule has 0 saturated carbocycles. The van der Waals surface area contributed by atoms with E-state index in [2.05, 4.69) is 35.2 Å². The molecule has 2 rings (SSSR count). The molecule has 1 unspecified atom stereocenters. The van der Waals surface area contributed by atoms with Crippen molar-refractivity contribution in [3.05, 3.63) is 39.6 Å². The van der Waals surface area contributed by atoms with Crippen LogP contribution >= 0.6 is 11.3 Å². The predicted molar refractivity (Wildman–Crippen MR) is 67.9 cm³/mol. The Labute approximate surface area is 99.9 Å². The minimum absolute atomic E-state index is 0.351. The summed E-state index contributed by atoms with van der Waals surface area (Å²) in [7, 11) is 2.00. The Bertz CT molecular complexity index is 425. The van der Waals surface area contributed by atoms with Crippen LogP contribution in [0.1, 0.15) is 27.2 Å². The standard InChI is InChI=1S/C12H17N3S/c1-8-6-11(16-9(8)2)10(13-3)7-12-14-4-5-15-12/h4-6,10,13H,7H2,1-3H3,(H,14,15). The Kier molecular flexibility index (Phi) is 3.41. The summed E-state index contributed by atoms with van der Waals surface area (Å²) in [6.07, 6.45) is 4.57. The molecule has 0 aromatic carbocycles. The zero-order valence-corrected chi connectivity index (χ0v) is 10.7. The van der Waals surface area contributed by atoms with Gasteiger partial charge in [0.15, 0.2) is 0 Å². The fourth-order valence-electron chi connectivity index (χ4n) is 1.72. The van der Waals surface area contributed by atoms with Crippen LogP contribution in [0.3, 0.4) is 0 Å². The molecular formula is C12H17N3S. The Hall–Kier alpha value is -1.13. The molecule has 4 heteroatoms. The number of aryl methyl sites for hydroxylation is 2. The summed E-state index contributed by atoms with van der Waals surface area (Å²) < 4.78 is 0. The molecule has 1 atom stereocenters. The lowest BCUT2D eigenvalue weighted by atomic mass is 10.1. The van der Waals surface area contributed by atoms with Crippen LogP contribution in [0.2, 0.25) is 0 Å². The van der Waals surface area contributed by atoms with Crippen LogP contribution in [0, 0.1) is 13.8 Å². The Morgan fingerprint density at radius 1 is 1.50 bits per heavy atom. The number of likely N-dealkylation sites (N-methyl/N-ethyl adjacent to an activating group) is 1. The highest BCUT2D eigenvalue weighted by Gasteiger charge is 2.14. The maximum atomic E-state index is 4.27. The van der Waals surface area contributed by atoms with E-state index in [9.17, 15) is 0 Å². The Balaban J connectivity index is 2.16. The van der Waals surface area contributed by atoms with Crippen molar-refractivity contribution in [2.24, 2.45) is 0 Å². The van der Waals surface area contributed by atoms with Gasteiger partial charge in [-0.15, -0.1) is 11.3 Å². The second-order valence-corrected chi connectivity index (χ2v) is 5.26. The lowest BCUT2D eigenvalue weighted by Gasteiger charge is -2.12. The fourth-order valence-corrected chi connectivity index (χ4v) is 2.87. The average molecular weight is 235 g/mol. The minimum Gasteiger partial charge on any atom is -0.349 e. The summed E-state index contributed by atoms with van der Waals surface area (Å²) in [5, 5.41) is 3.35. The summed E-state index contributed by atoms with van der Waals surface area (Å²) in [6, 6.07) is 2.62. The summed E-state index contributed by atoms with van der Waals surface area (Å²) in [5.41, 5.74) is 1.37. The highest BCUT2D eigenvalue weighted by molar-refractivity contribution is 7.12. The Morgan fingerprint density at radius 2 is 2.31 bits per heavy atom.